The number of Topliss-reactive ketones (excluding diaryl/α,β-unsaturated/α-hetero) is 1. The van der Waals surface area contributed by atoms with Gasteiger partial charge in [-0.25, -0.2) is 0 Å². The van der Waals surface area contributed by atoms with Crippen LogP contribution in [0.25, 0.3) is 0 Å². The number of carbonyl (C=O) groups is 1. The van der Waals surface area contributed by atoms with Crippen LogP contribution < -0.4 is 15.4 Å². The number of nitrogens with two attached hydrogens (primary N) is 1. The third-order valence-corrected chi connectivity index (χ3v) is 5.51. The van der Waals surface area contributed by atoms with Gasteiger partial charge in [-0.15, -0.1) is 11.3 Å². The fourth-order valence-electron chi connectivity index (χ4n) is 2.14. The standard InChI is InChI=1S/C13H20N2O2S2/c1-3-9(16)12-10(14)11(17-2)13(19-12)15-5-4-7-18-8-6-15/h3-8,14H2,1-2H3. The molecular formula is C13H20N2O2S2. The SMILES string of the molecule is CCC(=O)c1sc(N2CCCSCC2)c(OC)c1N. The molecule has 4 nitrogen and oxygen atoms in total. The number of carbonyl (C=O) groups excluding carboxylic acids is 1. The summed E-state index contributed by atoms with van der Waals surface area (Å²) in [5.74, 6) is 3.07. The first-order chi connectivity index (χ1) is 9.19. The lowest BCUT2D eigenvalue weighted by atomic mass is 10.2. The highest BCUT2D eigenvalue weighted by atomic mass is 32.2. The Morgan fingerprint density at radius 3 is 2.89 bits per heavy atom. The van der Waals surface area contributed by atoms with E-state index in [0.717, 1.165) is 30.3 Å². The highest BCUT2D eigenvalue weighted by Gasteiger charge is 2.24. The summed E-state index contributed by atoms with van der Waals surface area (Å²) in [6.07, 6.45) is 1.63. The fraction of sp³-hybridized carbons (Fsp3) is 0.615. The molecule has 0 atom stereocenters. The Kier molecular flexibility index (Phi) is 4.99. The van der Waals surface area contributed by atoms with Gasteiger partial charge < -0.3 is 15.4 Å². The summed E-state index contributed by atoms with van der Waals surface area (Å²) in [6.45, 7) is 3.85. The topological polar surface area (TPSA) is 55.6 Å². The highest BCUT2D eigenvalue weighted by molar-refractivity contribution is 7.99. The van der Waals surface area contributed by atoms with Crippen molar-refractivity contribution < 1.29 is 9.53 Å². The molecule has 0 unspecified atom stereocenters. The van der Waals surface area contributed by atoms with Crippen LogP contribution in [0.3, 0.4) is 0 Å². The monoisotopic (exact) mass is 300 g/mol. The number of nitrogens with zero attached hydrogens (tertiary/aromatic N) is 1. The van der Waals surface area contributed by atoms with Crippen molar-refractivity contribution in [1.82, 2.24) is 0 Å². The van der Waals surface area contributed by atoms with Crippen LogP contribution in [0.2, 0.25) is 0 Å². The molecule has 1 saturated heterocycles. The van der Waals surface area contributed by atoms with Gasteiger partial charge in [0.15, 0.2) is 11.5 Å². The van der Waals surface area contributed by atoms with Crippen molar-refractivity contribution in [3.05, 3.63) is 4.88 Å². The summed E-state index contributed by atoms with van der Waals surface area (Å²) in [5.41, 5.74) is 6.58. The molecule has 1 aromatic rings. The molecule has 0 radical (unpaired) electrons. The number of thiophene rings is 1. The summed E-state index contributed by atoms with van der Waals surface area (Å²) >= 11 is 3.45. The number of methoxy groups -OCH3 is 1. The van der Waals surface area contributed by atoms with E-state index in [0.29, 0.717) is 22.7 Å². The normalized spacial score (nSPS) is 16.2. The van der Waals surface area contributed by atoms with Gasteiger partial charge in [0, 0.05) is 25.3 Å². The molecular weight excluding hydrogens is 280 g/mol. The van der Waals surface area contributed by atoms with Crippen molar-refractivity contribution in [1.29, 1.82) is 0 Å². The second-order valence-corrected chi connectivity index (χ2v) is 6.64. The van der Waals surface area contributed by atoms with E-state index in [4.69, 9.17) is 10.5 Å². The lowest BCUT2D eigenvalue weighted by molar-refractivity contribution is 0.0992. The lowest BCUT2D eigenvalue weighted by Gasteiger charge is -2.21. The van der Waals surface area contributed by atoms with Crippen LogP contribution >= 0.6 is 23.1 Å². The Bertz CT molecular complexity index is 452. The van der Waals surface area contributed by atoms with Crippen molar-refractivity contribution in [3.8, 4) is 5.75 Å². The summed E-state index contributed by atoms with van der Waals surface area (Å²) in [4.78, 5) is 14.9. The maximum absolute atomic E-state index is 11.9. The second kappa shape index (κ2) is 6.52. The first-order valence-electron chi connectivity index (χ1n) is 6.51. The average molecular weight is 300 g/mol. The predicted octanol–water partition coefficient (Wildman–Crippen LogP) is 2.87. The summed E-state index contributed by atoms with van der Waals surface area (Å²) in [7, 11) is 1.62. The molecule has 1 aliphatic heterocycles. The zero-order valence-electron chi connectivity index (χ0n) is 11.4. The van der Waals surface area contributed by atoms with Crippen molar-refractivity contribution >= 4 is 39.6 Å². The number of anilines is 2. The molecule has 2 heterocycles. The van der Waals surface area contributed by atoms with Crippen molar-refractivity contribution in [2.45, 2.75) is 19.8 Å². The van der Waals surface area contributed by atoms with Crippen LogP contribution in [0.4, 0.5) is 10.7 Å². The Labute approximate surface area is 122 Å². The van der Waals surface area contributed by atoms with Gasteiger partial charge in [-0.3, -0.25) is 4.79 Å². The smallest absolute Gasteiger partial charge is 0.177 e. The maximum Gasteiger partial charge on any atom is 0.177 e. The van der Waals surface area contributed by atoms with Crippen LogP contribution in [0.15, 0.2) is 0 Å². The molecule has 1 fully saturated rings. The van der Waals surface area contributed by atoms with E-state index in [1.807, 2.05) is 18.7 Å². The zero-order chi connectivity index (χ0) is 13.8. The van der Waals surface area contributed by atoms with Gasteiger partial charge in [0.25, 0.3) is 0 Å². The molecule has 0 bridgehead atoms. The van der Waals surface area contributed by atoms with Crippen LogP contribution in [0, 0.1) is 0 Å². The molecule has 1 aromatic heterocycles. The Morgan fingerprint density at radius 1 is 1.42 bits per heavy atom. The molecule has 0 saturated carbocycles. The largest absolute Gasteiger partial charge is 0.492 e. The Balaban J connectivity index is 2.35. The molecule has 2 rings (SSSR count). The summed E-state index contributed by atoms with van der Waals surface area (Å²) in [6, 6.07) is 0. The third-order valence-electron chi connectivity index (χ3n) is 3.17. The molecule has 0 amide bonds. The molecule has 0 spiro atoms. The number of hydrogen-bond donors (Lipinski definition) is 1. The van der Waals surface area contributed by atoms with E-state index in [1.54, 1.807) is 7.11 Å². The Hall–Kier alpha value is -0.880. The molecule has 0 aliphatic carbocycles. The van der Waals surface area contributed by atoms with Crippen molar-refractivity contribution in [3.63, 3.8) is 0 Å². The molecule has 2 N–H and O–H groups in total. The van der Waals surface area contributed by atoms with E-state index in [1.165, 1.54) is 17.1 Å². The molecule has 6 heteroatoms. The Morgan fingerprint density at radius 2 is 2.21 bits per heavy atom. The van der Waals surface area contributed by atoms with E-state index in [-0.39, 0.29) is 5.78 Å². The van der Waals surface area contributed by atoms with Gasteiger partial charge in [0.1, 0.15) is 5.00 Å². The predicted molar refractivity (Wildman–Crippen MR) is 84.1 cm³/mol. The van der Waals surface area contributed by atoms with Gasteiger partial charge >= 0.3 is 0 Å². The van der Waals surface area contributed by atoms with Crippen LogP contribution in [0.1, 0.15) is 29.4 Å². The van der Waals surface area contributed by atoms with Crippen molar-refractivity contribution in [2.75, 3.05) is 42.3 Å². The number of rotatable bonds is 4. The molecule has 19 heavy (non-hydrogen) atoms. The number of hydrogen-bond acceptors (Lipinski definition) is 6. The third kappa shape index (κ3) is 3.00. The minimum absolute atomic E-state index is 0.0937. The van der Waals surface area contributed by atoms with Crippen LogP contribution in [-0.4, -0.2) is 37.5 Å². The zero-order valence-corrected chi connectivity index (χ0v) is 13.0. The lowest BCUT2D eigenvalue weighted by Crippen LogP contribution is -2.24. The van der Waals surface area contributed by atoms with Gasteiger partial charge in [0.05, 0.1) is 17.7 Å². The number of nitrogen functional groups attached to an aromatic ring is 1. The second-order valence-electron chi connectivity index (χ2n) is 4.41. The fourth-order valence-corrected chi connectivity index (χ4v) is 4.28. The molecule has 1 aliphatic rings. The number of ether oxygens (including phenoxy) is 1. The quantitative estimate of drug-likeness (QED) is 0.867. The number of ketones is 1. The van der Waals surface area contributed by atoms with E-state index < -0.39 is 0 Å². The summed E-state index contributed by atoms with van der Waals surface area (Å²) < 4.78 is 5.43. The van der Waals surface area contributed by atoms with E-state index in [2.05, 4.69) is 4.90 Å². The van der Waals surface area contributed by atoms with Gasteiger partial charge in [-0.1, -0.05) is 6.92 Å². The van der Waals surface area contributed by atoms with Gasteiger partial charge in [-0.05, 0) is 12.2 Å². The maximum atomic E-state index is 11.9. The highest BCUT2D eigenvalue weighted by Crippen LogP contribution is 2.45. The molecule has 106 valence electrons. The van der Waals surface area contributed by atoms with Crippen molar-refractivity contribution in [2.24, 2.45) is 0 Å². The van der Waals surface area contributed by atoms with Gasteiger partial charge in [-0.2, -0.15) is 11.8 Å². The molecule has 0 aromatic carbocycles. The van der Waals surface area contributed by atoms with Crippen LogP contribution in [0.5, 0.6) is 5.75 Å². The van der Waals surface area contributed by atoms with Gasteiger partial charge in [0.2, 0.25) is 0 Å². The minimum Gasteiger partial charge on any atom is -0.492 e. The summed E-state index contributed by atoms with van der Waals surface area (Å²) in [5, 5.41) is 1.01. The number of thioether (sulfide) groups is 1. The average Bonchev–Trinajstić information content (AvgIpc) is 2.61. The first kappa shape index (κ1) is 14.5. The van der Waals surface area contributed by atoms with E-state index in [9.17, 15) is 4.79 Å². The van der Waals surface area contributed by atoms with Crippen LogP contribution in [-0.2, 0) is 0 Å². The first-order valence-corrected chi connectivity index (χ1v) is 8.48. The van der Waals surface area contributed by atoms with E-state index >= 15 is 0 Å². The minimum atomic E-state index is 0.0937.